The maximum absolute atomic E-state index is 12.2. The van der Waals surface area contributed by atoms with Gasteiger partial charge in [-0.1, -0.05) is 34.5 Å². The Labute approximate surface area is 116 Å². The first-order chi connectivity index (χ1) is 8.57. The number of carbonyl (C=O) groups is 1. The van der Waals surface area contributed by atoms with E-state index in [1.807, 2.05) is 31.2 Å². The first-order valence-corrected chi connectivity index (χ1v) is 7.13. The molecule has 1 saturated carbocycles. The Morgan fingerprint density at radius 2 is 2.28 bits per heavy atom. The summed E-state index contributed by atoms with van der Waals surface area (Å²) in [5, 5.41) is 3.08. The van der Waals surface area contributed by atoms with E-state index >= 15 is 0 Å². The van der Waals surface area contributed by atoms with Crippen molar-refractivity contribution in [1.29, 1.82) is 0 Å². The minimum atomic E-state index is -0.305. The average molecular weight is 311 g/mol. The highest BCUT2D eigenvalue weighted by molar-refractivity contribution is 9.10. The van der Waals surface area contributed by atoms with Gasteiger partial charge in [0.15, 0.2) is 0 Å². The molecule has 3 nitrogen and oxygen atoms in total. The van der Waals surface area contributed by atoms with E-state index in [0.717, 1.165) is 29.3 Å². The lowest BCUT2D eigenvalue weighted by atomic mass is 9.68. The number of carbonyl (C=O) groups excluding carboxylic acids is 1. The van der Waals surface area contributed by atoms with E-state index in [0.29, 0.717) is 6.54 Å². The third-order valence-corrected chi connectivity index (χ3v) is 4.37. The van der Waals surface area contributed by atoms with Crippen molar-refractivity contribution < 1.29 is 4.79 Å². The van der Waals surface area contributed by atoms with Crippen molar-refractivity contribution in [3.05, 3.63) is 34.3 Å². The van der Waals surface area contributed by atoms with E-state index in [9.17, 15) is 4.79 Å². The second kappa shape index (κ2) is 5.41. The highest BCUT2D eigenvalue weighted by atomic mass is 79.9. The Hall–Kier alpha value is -0.870. The van der Waals surface area contributed by atoms with Gasteiger partial charge in [0.2, 0.25) is 5.91 Å². The second-order valence-electron chi connectivity index (χ2n) is 5.09. The molecule has 4 heteroatoms. The van der Waals surface area contributed by atoms with Crippen molar-refractivity contribution in [2.75, 3.05) is 6.54 Å². The molecule has 3 N–H and O–H groups in total. The van der Waals surface area contributed by atoms with Crippen LogP contribution in [0.3, 0.4) is 0 Å². The highest BCUT2D eigenvalue weighted by Crippen LogP contribution is 2.40. The van der Waals surface area contributed by atoms with Gasteiger partial charge in [0.25, 0.3) is 0 Å². The van der Waals surface area contributed by atoms with Crippen LogP contribution in [-0.2, 0) is 4.79 Å². The van der Waals surface area contributed by atoms with E-state index in [1.165, 1.54) is 0 Å². The molecule has 1 atom stereocenters. The first kappa shape index (κ1) is 13.6. The molecular weight excluding hydrogens is 292 g/mol. The monoisotopic (exact) mass is 310 g/mol. The molecule has 1 aliphatic carbocycles. The minimum absolute atomic E-state index is 0.0130. The average Bonchev–Trinajstić information content (AvgIpc) is 2.28. The summed E-state index contributed by atoms with van der Waals surface area (Å²) in [6.07, 6.45) is 2.94. The van der Waals surface area contributed by atoms with Gasteiger partial charge in [-0.05, 0) is 37.5 Å². The molecule has 0 heterocycles. The van der Waals surface area contributed by atoms with Crippen LogP contribution in [0.5, 0.6) is 0 Å². The van der Waals surface area contributed by atoms with Crippen LogP contribution in [0, 0.1) is 5.41 Å². The van der Waals surface area contributed by atoms with Gasteiger partial charge in [-0.25, -0.2) is 0 Å². The molecule has 1 aromatic rings. The zero-order chi connectivity index (χ0) is 13.2. The fourth-order valence-electron chi connectivity index (χ4n) is 2.34. The van der Waals surface area contributed by atoms with Gasteiger partial charge in [0.05, 0.1) is 11.5 Å². The lowest BCUT2D eigenvalue weighted by Gasteiger charge is -2.39. The highest BCUT2D eigenvalue weighted by Gasteiger charge is 2.43. The number of rotatable bonds is 4. The molecule has 0 aliphatic heterocycles. The van der Waals surface area contributed by atoms with Gasteiger partial charge in [-0.15, -0.1) is 0 Å². The smallest absolute Gasteiger partial charge is 0.227 e. The van der Waals surface area contributed by atoms with Crippen molar-refractivity contribution in [2.45, 2.75) is 32.2 Å². The molecule has 98 valence electrons. The quantitative estimate of drug-likeness (QED) is 0.898. The van der Waals surface area contributed by atoms with Crippen LogP contribution >= 0.6 is 15.9 Å². The molecular formula is C14H19BrN2O. The minimum Gasteiger partial charge on any atom is -0.349 e. The van der Waals surface area contributed by atoms with E-state index < -0.39 is 0 Å². The number of amides is 1. The molecule has 18 heavy (non-hydrogen) atoms. The molecule has 0 spiro atoms. The summed E-state index contributed by atoms with van der Waals surface area (Å²) in [5.41, 5.74) is 6.54. The van der Waals surface area contributed by atoms with E-state index in [-0.39, 0.29) is 17.4 Å². The van der Waals surface area contributed by atoms with Gasteiger partial charge >= 0.3 is 0 Å². The van der Waals surface area contributed by atoms with E-state index in [4.69, 9.17) is 5.73 Å². The summed E-state index contributed by atoms with van der Waals surface area (Å²) >= 11 is 3.44. The molecule has 1 amide bonds. The first-order valence-electron chi connectivity index (χ1n) is 6.34. The van der Waals surface area contributed by atoms with Crippen molar-refractivity contribution >= 4 is 21.8 Å². The molecule has 0 saturated heterocycles. The van der Waals surface area contributed by atoms with Crippen molar-refractivity contribution in [3.63, 3.8) is 0 Å². The molecule has 2 rings (SSSR count). The third kappa shape index (κ3) is 2.59. The molecule has 1 fully saturated rings. The molecule has 0 radical (unpaired) electrons. The standard InChI is InChI=1S/C14H19BrN2O/c1-10(11-4-2-5-12(15)8-11)17-13(18)14(9-16)6-3-7-14/h2,4-5,8,10H,3,6-7,9,16H2,1H3,(H,17,18)/t10-/m1/s1. The SMILES string of the molecule is C[C@@H](NC(=O)C1(CN)CCC1)c1cccc(Br)c1. The predicted octanol–water partition coefficient (Wildman–Crippen LogP) is 2.76. The lowest BCUT2D eigenvalue weighted by molar-refractivity contribution is -0.135. The Bertz CT molecular complexity index is 438. The normalized spacial score (nSPS) is 18.8. The summed E-state index contributed by atoms with van der Waals surface area (Å²) in [7, 11) is 0. The number of hydrogen-bond donors (Lipinski definition) is 2. The van der Waals surface area contributed by atoms with Crippen LogP contribution < -0.4 is 11.1 Å². The van der Waals surface area contributed by atoms with E-state index in [2.05, 4.69) is 21.2 Å². The van der Waals surface area contributed by atoms with Crippen LogP contribution in [0.15, 0.2) is 28.7 Å². The zero-order valence-electron chi connectivity index (χ0n) is 10.6. The number of nitrogens with two attached hydrogens (primary N) is 1. The zero-order valence-corrected chi connectivity index (χ0v) is 12.2. The van der Waals surface area contributed by atoms with Gasteiger partial charge in [-0.2, -0.15) is 0 Å². The maximum atomic E-state index is 12.2. The summed E-state index contributed by atoms with van der Waals surface area (Å²) in [5.74, 6) is 0.101. The Morgan fingerprint density at radius 1 is 1.56 bits per heavy atom. The van der Waals surface area contributed by atoms with E-state index in [1.54, 1.807) is 0 Å². The Balaban J connectivity index is 2.03. The van der Waals surface area contributed by atoms with Gasteiger partial charge in [0.1, 0.15) is 0 Å². The van der Waals surface area contributed by atoms with Gasteiger partial charge in [0, 0.05) is 11.0 Å². The summed E-state index contributed by atoms with van der Waals surface area (Å²) in [4.78, 5) is 12.2. The molecule has 1 aliphatic rings. The lowest BCUT2D eigenvalue weighted by Crippen LogP contribution is -2.50. The summed E-state index contributed by atoms with van der Waals surface area (Å²) in [6.45, 7) is 2.45. The topological polar surface area (TPSA) is 55.1 Å². The largest absolute Gasteiger partial charge is 0.349 e. The maximum Gasteiger partial charge on any atom is 0.227 e. The number of hydrogen-bond acceptors (Lipinski definition) is 2. The van der Waals surface area contributed by atoms with Crippen LogP contribution in [-0.4, -0.2) is 12.5 Å². The third-order valence-electron chi connectivity index (χ3n) is 3.88. The number of nitrogens with one attached hydrogen (secondary N) is 1. The van der Waals surface area contributed by atoms with Crippen LogP contribution in [0.2, 0.25) is 0 Å². The van der Waals surface area contributed by atoms with Crippen molar-refractivity contribution in [2.24, 2.45) is 11.1 Å². The van der Waals surface area contributed by atoms with Gasteiger partial charge in [-0.3, -0.25) is 4.79 Å². The van der Waals surface area contributed by atoms with Crippen molar-refractivity contribution in [1.82, 2.24) is 5.32 Å². The van der Waals surface area contributed by atoms with Crippen LogP contribution in [0.25, 0.3) is 0 Å². The number of benzene rings is 1. The molecule has 0 aromatic heterocycles. The molecule has 1 aromatic carbocycles. The number of halogens is 1. The second-order valence-corrected chi connectivity index (χ2v) is 6.00. The summed E-state index contributed by atoms with van der Waals surface area (Å²) in [6, 6.07) is 8.01. The summed E-state index contributed by atoms with van der Waals surface area (Å²) < 4.78 is 1.03. The Morgan fingerprint density at radius 3 is 2.78 bits per heavy atom. The molecule has 0 bridgehead atoms. The van der Waals surface area contributed by atoms with Gasteiger partial charge < -0.3 is 11.1 Å². The molecule has 0 unspecified atom stereocenters. The predicted molar refractivity (Wildman–Crippen MR) is 76.0 cm³/mol. The fourth-order valence-corrected chi connectivity index (χ4v) is 2.75. The van der Waals surface area contributed by atoms with Crippen LogP contribution in [0.4, 0.5) is 0 Å². The van der Waals surface area contributed by atoms with Crippen molar-refractivity contribution in [3.8, 4) is 0 Å². The fraction of sp³-hybridized carbons (Fsp3) is 0.500. The Kier molecular flexibility index (Phi) is 4.07. The van der Waals surface area contributed by atoms with Crippen LogP contribution in [0.1, 0.15) is 37.8 Å².